The second kappa shape index (κ2) is 6.65. The molecule has 0 fully saturated rings. The number of benzene rings is 1. The Kier molecular flexibility index (Phi) is 4.42. The predicted octanol–water partition coefficient (Wildman–Crippen LogP) is 3.81. The van der Waals surface area contributed by atoms with Crippen molar-refractivity contribution in [2.45, 2.75) is 19.8 Å². The number of fused-ring (bicyclic) bond motifs is 1. The summed E-state index contributed by atoms with van der Waals surface area (Å²) >= 11 is 0. The Bertz CT molecular complexity index is 883. The van der Waals surface area contributed by atoms with Crippen molar-refractivity contribution in [3.63, 3.8) is 0 Å². The number of aryl methyl sites for hydroxylation is 1. The molecule has 2 aromatic heterocycles. The minimum Gasteiger partial charge on any atom is -0.385 e. The average molecular weight is 307 g/mol. The number of hydrogen-bond acceptors (Lipinski definition) is 3. The molecule has 0 saturated heterocycles. The van der Waals surface area contributed by atoms with Gasteiger partial charge in [-0.1, -0.05) is 25.5 Å². The van der Waals surface area contributed by atoms with Crippen LogP contribution in [-0.4, -0.2) is 16.1 Å². The highest BCUT2D eigenvalue weighted by molar-refractivity contribution is 5.95. The van der Waals surface area contributed by atoms with Crippen molar-refractivity contribution in [1.29, 1.82) is 0 Å². The molecule has 0 aliphatic heterocycles. The molecule has 3 rings (SSSR count). The fourth-order valence-electron chi connectivity index (χ4n) is 2.75. The van der Waals surface area contributed by atoms with Crippen LogP contribution in [0, 0.1) is 0 Å². The molecule has 4 heteroatoms. The quantitative estimate of drug-likeness (QED) is 0.729. The van der Waals surface area contributed by atoms with Crippen molar-refractivity contribution in [3.05, 3.63) is 59.3 Å². The standard InChI is InChI=1S/C19H21N3O/c1-3-4-9-21-15-7-5-6-14(11-15)18-13-22(2)19(23)17-12-20-10-8-16(17)18/h5-8,10-13,21H,3-4,9H2,1-2H3. The van der Waals surface area contributed by atoms with Crippen molar-refractivity contribution in [1.82, 2.24) is 9.55 Å². The average Bonchev–Trinajstić information content (AvgIpc) is 2.59. The van der Waals surface area contributed by atoms with Gasteiger partial charge in [-0.05, 0) is 35.6 Å². The van der Waals surface area contributed by atoms with Crippen LogP contribution in [0.2, 0.25) is 0 Å². The lowest BCUT2D eigenvalue weighted by atomic mass is 10.0. The van der Waals surface area contributed by atoms with E-state index in [0.29, 0.717) is 5.39 Å². The number of anilines is 1. The maximum absolute atomic E-state index is 12.3. The highest BCUT2D eigenvalue weighted by Crippen LogP contribution is 2.28. The van der Waals surface area contributed by atoms with E-state index in [2.05, 4.69) is 35.4 Å². The molecular weight excluding hydrogens is 286 g/mol. The summed E-state index contributed by atoms with van der Waals surface area (Å²) in [6.07, 6.45) is 7.60. The normalized spacial score (nSPS) is 10.9. The number of unbranched alkanes of at least 4 members (excludes halogenated alkanes) is 1. The SMILES string of the molecule is CCCCNc1cccc(-c2cn(C)c(=O)c3cnccc23)c1. The smallest absolute Gasteiger partial charge is 0.259 e. The van der Waals surface area contributed by atoms with Gasteiger partial charge in [0.15, 0.2) is 0 Å². The predicted molar refractivity (Wildman–Crippen MR) is 95.8 cm³/mol. The summed E-state index contributed by atoms with van der Waals surface area (Å²) in [5.41, 5.74) is 3.23. The van der Waals surface area contributed by atoms with E-state index in [0.717, 1.165) is 35.2 Å². The lowest BCUT2D eigenvalue weighted by Crippen LogP contribution is -2.16. The Labute approximate surface area is 135 Å². The molecule has 0 saturated carbocycles. The van der Waals surface area contributed by atoms with Crippen LogP contribution in [0.1, 0.15) is 19.8 Å². The van der Waals surface area contributed by atoms with Crippen LogP contribution in [0.4, 0.5) is 5.69 Å². The molecule has 1 N–H and O–H groups in total. The van der Waals surface area contributed by atoms with Gasteiger partial charge in [-0.15, -0.1) is 0 Å². The van der Waals surface area contributed by atoms with Crippen LogP contribution < -0.4 is 10.9 Å². The molecule has 2 heterocycles. The molecule has 3 aromatic rings. The zero-order chi connectivity index (χ0) is 16.2. The molecule has 23 heavy (non-hydrogen) atoms. The van der Waals surface area contributed by atoms with E-state index < -0.39 is 0 Å². The van der Waals surface area contributed by atoms with Crippen molar-refractivity contribution in [3.8, 4) is 11.1 Å². The summed E-state index contributed by atoms with van der Waals surface area (Å²) in [7, 11) is 1.78. The lowest BCUT2D eigenvalue weighted by Gasteiger charge is -2.11. The van der Waals surface area contributed by atoms with E-state index in [9.17, 15) is 4.79 Å². The number of aromatic nitrogens is 2. The van der Waals surface area contributed by atoms with E-state index in [1.165, 1.54) is 6.42 Å². The Morgan fingerprint density at radius 2 is 2.09 bits per heavy atom. The van der Waals surface area contributed by atoms with E-state index in [1.807, 2.05) is 18.3 Å². The van der Waals surface area contributed by atoms with E-state index >= 15 is 0 Å². The van der Waals surface area contributed by atoms with E-state index in [4.69, 9.17) is 0 Å². The van der Waals surface area contributed by atoms with Crippen molar-refractivity contribution in [2.24, 2.45) is 7.05 Å². The van der Waals surface area contributed by atoms with Gasteiger partial charge in [0.05, 0.1) is 5.39 Å². The summed E-state index contributed by atoms with van der Waals surface area (Å²) in [5.74, 6) is 0. The molecule has 0 unspecified atom stereocenters. The van der Waals surface area contributed by atoms with Crippen molar-refractivity contribution < 1.29 is 0 Å². The van der Waals surface area contributed by atoms with Gasteiger partial charge in [0.1, 0.15) is 0 Å². The van der Waals surface area contributed by atoms with Crippen LogP contribution in [0.3, 0.4) is 0 Å². The lowest BCUT2D eigenvalue weighted by molar-refractivity contribution is 0.834. The summed E-state index contributed by atoms with van der Waals surface area (Å²) in [6.45, 7) is 3.15. The molecular formula is C19H21N3O. The van der Waals surface area contributed by atoms with Gasteiger partial charge in [0.25, 0.3) is 5.56 Å². The minimum atomic E-state index is -0.0194. The first-order valence-corrected chi connectivity index (χ1v) is 7.98. The van der Waals surface area contributed by atoms with Crippen LogP contribution in [0.15, 0.2) is 53.7 Å². The molecule has 4 nitrogen and oxygen atoms in total. The molecule has 0 atom stereocenters. The first kappa shape index (κ1) is 15.3. The summed E-state index contributed by atoms with van der Waals surface area (Å²) in [5, 5.41) is 5.04. The highest BCUT2D eigenvalue weighted by Gasteiger charge is 2.09. The van der Waals surface area contributed by atoms with Crippen LogP contribution in [0.5, 0.6) is 0 Å². The molecule has 0 aliphatic rings. The zero-order valence-corrected chi connectivity index (χ0v) is 13.5. The Morgan fingerprint density at radius 1 is 1.22 bits per heavy atom. The molecule has 118 valence electrons. The van der Waals surface area contributed by atoms with Crippen LogP contribution in [-0.2, 0) is 7.05 Å². The number of rotatable bonds is 5. The molecule has 1 aromatic carbocycles. The van der Waals surface area contributed by atoms with Gasteiger partial charge in [-0.3, -0.25) is 9.78 Å². The van der Waals surface area contributed by atoms with Gasteiger partial charge in [0.2, 0.25) is 0 Å². The largest absolute Gasteiger partial charge is 0.385 e. The van der Waals surface area contributed by atoms with E-state index in [1.54, 1.807) is 24.0 Å². The first-order chi connectivity index (χ1) is 11.2. The maximum atomic E-state index is 12.3. The van der Waals surface area contributed by atoms with E-state index in [-0.39, 0.29) is 5.56 Å². The van der Waals surface area contributed by atoms with Gasteiger partial charge >= 0.3 is 0 Å². The zero-order valence-electron chi connectivity index (χ0n) is 13.5. The van der Waals surface area contributed by atoms with Gasteiger partial charge in [-0.2, -0.15) is 0 Å². The third kappa shape index (κ3) is 3.11. The second-order valence-corrected chi connectivity index (χ2v) is 5.74. The Balaban J connectivity index is 2.08. The first-order valence-electron chi connectivity index (χ1n) is 7.98. The summed E-state index contributed by atoms with van der Waals surface area (Å²) in [4.78, 5) is 16.4. The maximum Gasteiger partial charge on any atom is 0.259 e. The van der Waals surface area contributed by atoms with Gasteiger partial charge < -0.3 is 9.88 Å². The highest BCUT2D eigenvalue weighted by atomic mass is 16.1. The Hall–Kier alpha value is -2.62. The van der Waals surface area contributed by atoms with Gasteiger partial charge in [-0.25, -0.2) is 0 Å². The number of pyridine rings is 2. The van der Waals surface area contributed by atoms with Crippen molar-refractivity contribution in [2.75, 3.05) is 11.9 Å². The molecule has 0 bridgehead atoms. The van der Waals surface area contributed by atoms with Crippen molar-refractivity contribution >= 4 is 16.5 Å². The molecule has 0 radical (unpaired) electrons. The summed E-state index contributed by atoms with van der Waals surface area (Å²) < 4.78 is 1.62. The summed E-state index contributed by atoms with van der Waals surface area (Å²) in [6, 6.07) is 10.2. The fraction of sp³-hybridized carbons (Fsp3) is 0.263. The van der Waals surface area contributed by atoms with Crippen LogP contribution in [0.25, 0.3) is 21.9 Å². The minimum absolute atomic E-state index is 0.0194. The monoisotopic (exact) mass is 307 g/mol. The molecule has 0 amide bonds. The third-order valence-corrected chi connectivity index (χ3v) is 4.02. The third-order valence-electron chi connectivity index (χ3n) is 4.02. The van der Waals surface area contributed by atoms with Gasteiger partial charge in [0, 0.05) is 43.4 Å². The second-order valence-electron chi connectivity index (χ2n) is 5.74. The molecule has 0 spiro atoms. The number of nitrogens with zero attached hydrogens (tertiary/aromatic N) is 2. The number of nitrogens with one attached hydrogen (secondary N) is 1. The topological polar surface area (TPSA) is 46.9 Å². The molecule has 0 aliphatic carbocycles. The fourth-order valence-corrected chi connectivity index (χ4v) is 2.75. The van der Waals surface area contributed by atoms with Crippen LogP contribution >= 0.6 is 0 Å². The number of hydrogen-bond donors (Lipinski definition) is 1. The Morgan fingerprint density at radius 3 is 2.91 bits per heavy atom.